The molecule has 1 aromatic rings. The summed E-state index contributed by atoms with van der Waals surface area (Å²) in [6, 6.07) is 5.13. The minimum absolute atomic E-state index is 0.0787. The fourth-order valence-corrected chi connectivity index (χ4v) is 6.90. The zero-order valence-corrected chi connectivity index (χ0v) is 20.9. The number of piperazine rings is 1. The van der Waals surface area contributed by atoms with Gasteiger partial charge in [0, 0.05) is 45.3 Å². The monoisotopic (exact) mass is 506 g/mol. The van der Waals surface area contributed by atoms with Gasteiger partial charge in [-0.25, -0.2) is 8.42 Å². The molecule has 2 saturated heterocycles. The normalized spacial score (nSPS) is 23.1. The Bertz CT molecular complexity index is 1040. The summed E-state index contributed by atoms with van der Waals surface area (Å²) in [6.07, 6.45) is 6.36. The summed E-state index contributed by atoms with van der Waals surface area (Å²) in [5.74, 6) is -0.0796. The molecule has 10 nitrogen and oxygen atoms in total. The molecule has 5 rings (SSSR count). The second kappa shape index (κ2) is 10.4. The number of nitrogens with zero attached hydrogens (tertiary/aromatic N) is 4. The largest absolute Gasteiger partial charge is 0.482 e. The Labute approximate surface area is 206 Å². The van der Waals surface area contributed by atoms with Crippen molar-refractivity contribution in [3.05, 3.63) is 18.2 Å². The van der Waals surface area contributed by atoms with Gasteiger partial charge in [-0.05, 0) is 31.0 Å². The number of carbonyl (C=O) groups is 2. The second-order valence-electron chi connectivity index (χ2n) is 9.62. The summed E-state index contributed by atoms with van der Waals surface area (Å²) < 4.78 is 38.5. The molecule has 1 aliphatic carbocycles. The van der Waals surface area contributed by atoms with Crippen LogP contribution in [0.3, 0.4) is 0 Å². The number of hydrogen-bond acceptors (Lipinski definition) is 7. The zero-order chi connectivity index (χ0) is 24.4. The van der Waals surface area contributed by atoms with Gasteiger partial charge in [-0.2, -0.15) is 4.31 Å². The van der Waals surface area contributed by atoms with Gasteiger partial charge in [-0.1, -0.05) is 19.3 Å². The van der Waals surface area contributed by atoms with Crippen molar-refractivity contribution in [2.24, 2.45) is 0 Å². The smallest absolute Gasteiger partial charge is 0.265 e. The Morgan fingerprint density at radius 2 is 1.69 bits per heavy atom. The van der Waals surface area contributed by atoms with E-state index < -0.39 is 10.0 Å². The summed E-state index contributed by atoms with van der Waals surface area (Å²) in [6.45, 7) is 3.95. The molecule has 0 N–H and O–H groups in total. The SMILES string of the molecule is O=C(CN1C(=O)COc2ccc(S(=O)(=O)N3CCOCC3)cc21)N1CCN(C2CCCCC2)CC1. The number of anilines is 1. The summed E-state index contributed by atoms with van der Waals surface area (Å²) in [7, 11) is -3.74. The molecule has 0 spiro atoms. The first kappa shape index (κ1) is 24.5. The molecular formula is C24H34N4O6S. The lowest BCUT2D eigenvalue weighted by atomic mass is 9.94. The van der Waals surface area contributed by atoms with E-state index >= 15 is 0 Å². The molecule has 1 aromatic carbocycles. The average Bonchev–Trinajstić information content (AvgIpc) is 2.91. The topological polar surface area (TPSA) is 99.7 Å². The summed E-state index contributed by atoms with van der Waals surface area (Å²) in [5.41, 5.74) is 0.324. The third kappa shape index (κ3) is 5.18. The van der Waals surface area contributed by atoms with Crippen molar-refractivity contribution in [1.82, 2.24) is 14.1 Å². The number of morpholine rings is 1. The number of amides is 2. The van der Waals surface area contributed by atoms with E-state index in [2.05, 4.69) is 4.90 Å². The second-order valence-corrected chi connectivity index (χ2v) is 11.6. The van der Waals surface area contributed by atoms with Crippen molar-refractivity contribution in [2.45, 2.75) is 43.0 Å². The standard InChI is InChI=1S/C24H34N4O6S/c29-23(26-10-8-25(9-11-26)19-4-2-1-3-5-19)17-28-21-16-20(6-7-22(21)34-18-24(28)30)35(31,32)27-12-14-33-15-13-27/h6-7,16,19H,1-5,8-15,17-18H2. The third-order valence-corrected chi connectivity index (χ3v) is 9.43. The predicted octanol–water partition coefficient (Wildman–Crippen LogP) is 0.910. The highest BCUT2D eigenvalue weighted by atomic mass is 32.2. The van der Waals surface area contributed by atoms with E-state index in [9.17, 15) is 18.0 Å². The molecule has 35 heavy (non-hydrogen) atoms. The molecule has 0 unspecified atom stereocenters. The lowest BCUT2D eigenvalue weighted by molar-refractivity contribution is -0.133. The van der Waals surface area contributed by atoms with Crippen LogP contribution in [0.5, 0.6) is 5.75 Å². The van der Waals surface area contributed by atoms with Gasteiger partial charge in [-0.15, -0.1) is 0 Å². The number of carbonyl (C=O) groups excluding carboxylic acids is 2. The van der Waals surface area contributed by atoms with Crippen molar-refractivity contribution in [1.29, 1.82) is 0 Å². The van der Waals surface area contributed by atoms with E-state index in [1.807, 2.05) is 4.90 Å². The number of ether oxygens (including phenoxy) is 2. The van der Waals surface area contributed by atoms with Gasteiger partial charge in [0.15, 0.2) is 6.61 Å². The van der Waals surface area contributed by atoms with Crippen LogP contribution in [0.2, 0.25) is 0 Å². The molecule has 0 bridgehead atoms. The lowest BCUT2D eigenvalue weighted by Crippen LogP contribution is -2.55. The van der Waals surface area contributed by atoms with Crippen molar-refractivity contribution in [3.63, 3.8) is 0 Å². The van der Waals surface area contributed by atoms with E-state index in [1.165, 1.54) is 53.4 Å². The minimum atomic E-state index is -3.74. The molecule has 11 heteroatoms. The predicted molar refractivity (Wildman–Crippen MR) is 129 cm³/mol. The van der Waals surface area contributed by atoms with Gasteiger partial charge in [0.05, 0.1) is 23.8 Å². The fraction of sp³-hybridized carbons (Fsp3) is 0.667. The zero-order valence-electron chi connectivity index (χ0n) is 20.1. The fourth-order valence-electron chi connectivity index (χ4n) is 5.47. The first-order chi connectivity index (χ1) is 16.9. The van der Waals surface area contributed by atoms with Crippen LogP contribution >= 0.6 is 0 Å². The van der Waals surface area contributed by atoms with Gasteiger partial charge in [0.25, 0.3) is 5.91 Å². The number of benzene rings is 1. The van der Waals surface area contributed by atoms with Crippen LogP contribution in [-0.2, 0) is 24.3 Å². The molecule has 0 radical (unpaired) electrons. The highest BCUT2D eigenvalue weighted by molar-refractivity contribution is 7.89. The summed E-state index contributed by atoms with van der Waals surface area (Å²) in [4.78, 5) is 31.7. The van der Waals surface area contributed by atoms with Crippen molar-refractivity contribution in [2.75, 3.05) is 70.5 Å². The number of hydrogen-bond donors (Lipinski definition) is 0. The van der Waals surface area contributed by atoms with Crippen molar-refractivity contribution in [3.8, 4) is 5.75 Å². The summed E-state index contributed by atoms with van der Waals surface area (Å²) >= 11 is 0. The molecule has 3 heterocycles. The Morgan fingerprint density at radius 1 is 0.971 bits per heavy atom. The van der Waals surface area contributed by atoms with Crippen LogP contribution in [0.15, 0.2) is 23.1 Å². The van der Waals surface area contributed by atoms with E-state index in [0.717, 1.165) is 13.1 Å². The molecular weight excluding hydrogens is 472 g/mol. The van der Waals surface area contributed by atoms with Crippen molar-refractivity contribution >= 4 is 27.5 Å². The van der Waals surface area contributed by atoms with Crippen LogP contribution in [0.25, 0.3) is 0 Å². The Morgan fingerprint density at radius 3 is 2.40 bits per heavy atom. The van der Waals surface area contributed by atoms with Gasteiger partial charge in [-0.3, -0.25) is 19.4 Å². The molecule has 3 fully saturated rings. The molecule has 2 amide bonds. The average molecular weight is 507 g/mol. The number of rotatable bonds is 5. The number of sulfonamides is 1. The molecule has 1 saturated carbocycles. The highest BCUT2D eigenvalue weighted by Crippen LogP contribution is 2.35. The maximum absolute atomic E-state index is 13.2. The highest BCUT2D eigenvalue weighted by Gasteiger charge is 2.34. The summed E-state index contributed by atoms with van der Waals surface area (Å²) in [5, 5.41) is 0. The van der Waals surface area contributed by atoms with Gasteiger partial charge < -0.3 is 14.4 Å². The van der Waals surface area contributed by atoms with E-state index in [-0.39, 0.29) is 43.0 Å². The van der Waals surface area contributed by atoms with E-state index in [1.54, 1.807) is 6.07 Å². The maximum Gasteiger partial charge on any atom is 0.265 e. The molecule has 0 aromatic heterocycles. The maximum atomic E-state index is 13.2. The minimum Gasteiger partial charge on any atom is -0.482 e. The molecule has 3 aliphatic heterocycles. The van der Waals surface area contributed by atoms with Gasteiger partial charge >= 0.3 is 0 Å². The Hall–Kier alpha value is -2.21. The van der Waals surface area contributed by atoms with Crippen molar-refractivity contribution < 1.29 is 27.5 Å². The molecule has 0 atom stereocenters. The Kier molecular flexibility index (Phi) is 7.29. The van der Waals surface area contributed by atoms with E-state index in [0.29, 0.717) is 43.8 Å². The quantitative estimate of drug-likeness (QED) is 0.585. The van der Waals surface area contributed by atoms with E-state index in [4.69, 9.17) is 9.47 Å². The first-order valence-electron chi connectivity index (χ1n) is 12.6. The third-order valence-electron chi connectivity index (χ3n) is 7.53. The van der Waals surface area contributed by atoms with Crippen LogP contribution in [0.1, 0.15) is 32.1 Å². The molecule has 4 aliphatic rings. The molecule has 192 valence electrons. The van der Waals surface area contributed by atoms with Gasteiger partial charge in [0.2, 0.25) is 15.9 Å². The lowest BCUT2D eigenvalue weighted by Gasteiger charge is -2.41. The van der Waals surface area contributed by atoms with Crippen LogP contribution < -0.4 is 9.64 Å². The van der Waals surface area contributed by atoms with Crippen LogP contribution in [-0.4, -0.2) is 106 Å². The van der Waals surface area contributed by atoms with Gasteiger partial charge in [0.1, 0.15) is 12.3 Å². The van der Waals surface area contributed by atoms with Crippen LogP contribution in [0.4, 0.5) is 5.69 Å². The number of fused-ring (bicyclic) bond motifs is 1. The Balaban J connectivity index is 1.28. The first-order valence-corrected chi connectivity index (χ1v) is 14.0. The van der Waals surface area contributed by atoms with Crippen LogP contribution in [0, 0.1) is 0 Å².